The number of aromatic nitrogens is 2. The Hall–Kier alpha value is -1.36. The van der Waals surface area contributed by atoms with Crippen LogP contribution in [0.25, 0.3) is 0 Å². The zero-order valence-electron chi connectivity index (χ0n) is 11.8. The van der Waals surface area contributed by atoms with E-state index in [0.717, 1.165) is 12.1 Å². The van der Waals surface area contributed by atoms with Gasteiger partial charge in [-0.15, -0.1) is 0 Å². The number of aromatic amines is 1. The third-order valence-corrected chi connectivity index (χ3v) is 3.19. The second-order valence-corrected chi connectivity index (χ2v) is 5.61. The number of aliphatic hydroxyl groups excluding tert-OH is 1. The van der Waals surface area contributed by atoms with Crippen molar-refractivity contribution in [3.63, 3.8) is 0 Å². The average molecular weight is 253 g/mol. The first-order valence-corrected chi connectivity index (χ1v) is 6.23. The number of H-pyrrole nitrogens is 1. The molecular weight excluding hydrogens is 230 g/mol. The smallest absolute Gasteiger partial charge is 0.274 e. The highest BCUT2D eigenvalue weighted by atomic mass is 16.3. The molecule has 0 aromatic carbocycles. The Morgan fingerprint density at radius 3 is 2.56 bits per heavy atom. The van der Waals surface area contributed by atoms with Gasteiger partial charge in [-0.1, -0.05) is 27.7 Å². The van der Waals surface area contributed by atoms with Crippen LogP contribution in [0.1, 0.15) is 43.9 Å². The minimum atomic E-state index is -0.230. The van der Waals surface area contributed by atoms with Crippen molar-refractivity contribution in [2.75, 3.05) is 13.7 Å². The number of hydrogen-bond donors (Lipinski definition) is 2. The lowest BCUT2D eigenvalue weighted by Gasteiger charge is -2.36. The van der Waals surface area contributed by atoms with E-state index in [4.69, 9.17) is 0 Å². The third-order valence-electron chi connectivity index (χ3n) is 3.19. The van der Waals surface area contributed by atoms with E-state index in [2.05, 4.69) is 10.2 Å². The van der Waals surface area contributed by atoms with Crippen molar-refractivity contribution in [3.8, 4) is 0 Å². The number of nitrogens with zero attached hydrogens (tertiary/aromatic N) is 2. The first-order chi connectivity index (χ1) is 8.31. The number of carbonyl (C=O) groups is 1. The Labute approximate surface area is 108 Å². The minimum absolute atomic E-state index is 0.0587. The third kappa shape index (κ3) is 3.10. The molecule has 0 saturated heterocycles. The largest absolute Gasteiger partial charge is 0.394 e. The molecule has 1 rings (SSSR count). The summed E-state index contributed by atoms with van der Waals surface area (Å²) in [6, 6.07) is 1.53. The average Bonchev–Trinajstić information content (AvgIpc) is 2.75. The number of carbonyl (C=O) groups excluding carboxylic acids is 1. The van der Waals surface area contributed by atoms with E-state index in [1.807, 2.05) is 27.7 Å². The van der Waals surface area contributed by atoms with Gasteiger partial charge in [0.25, 0.3) is 5.91 Å². The lowest BCUT2D eigenvalue weighted by atomic mass is 9.86. The zero-order valence-corrected chi connectivity index (χ0v) is 11.8. The number of hydrogen-bond acceptors (Lipinski definition) is 3. The van der Waals surface area contributed by atoms with Gasteiger partial charge in [0.2, 0.25) is 0 Å². The van der Waals surface area contributed by atoms with E-state index < -0.39 is 0 Å². The molecule has 2 N–H and O–H groups in total. The van der Waals surface area contributed by atoms with E-state index >= 15 is 0 Å². The predicted octanol–water partition coefficient (Wildman–Crippen LogP) is 1.45. The fourth-order valence-electron chi connectivity index (χ4n) is 1.95. The van der Waals surface area contributed by atoms with E-state index in [9.17, 15) is 9.90 Å². The molecule has 0 aliphatic rings. The van der Waals surface area contributed by atoms with Gasteiger partial charge >= 0.3 is 0 Å². The predicted molar refractivity (Wildman–Crippen MR) is 70.4 cm³/mol. The van der Waals surface area contributed by atoms with Gasteiger partial charge in [-0.25, -0.2) is 0 Å². The summed E-state index contributed by atoms with van der Waals surface area (Å²) in [5.74, 6) is -0.167. The van der Waals surface area contributed by atoms with E-state index in [1.54, 1.807) is 18.0 Å². The second-order valence-electron chi connectivity index (χ2n) is 5.61. The van der Waals surface area contributed by atoms with Gasteiger partial charge < -0.3 is 10.0 Å². The van der Waals surface area contributed by atoms with Crippen LogP contribution < -0.4 is 0 Å². The maximum atomic E-state index is 12.3. The highest BCUT2D eigenvalue weighted by molar-refractivity contribution is 5.92. The fourth-order valence-corrected chi connectivity index (χ4v) is 1.95. The molecule has 18 heavy (non-hydrogen) atoms. The molecule has 0 saturated carbocycles. The second kappa shape index (κ2) is 5.52. The molecule has 1 aromatic heterocycles. The molecule has 0 fully saturated rings. The molecule has 5 nitrogen and oxygen atoms in total. The molecule has 1 amide bonds. The maximum Gasteiger partial charge on any atom is 0.274 e. The fraction of sp³-hybridized carbons (Fsp3) is 0.692. The van der Waals surface area contributed by atoms with Crippen LogP contribution in [-0.4, -0.2) is 45.8 Å². The van der Waals surface area contributed by atoms with Crippen molar-refractivity contribution in [1.82, 2.24) is 15.1 Å². The summed E-state index contributed by atoms with van der Waals surface area (Å²) < 4.78 is 0. The number of rotatable bonds is 4. The zero-order chi connectivity index (χ0) is 13.9. The maximum absolute atomic E-state index is 12.3. The lowest BCUT2D eigenvalue weighted by molar-refractivity contribution is 0.0428. The van der Waals surface area contributed by atoms with Gasteiger partial charge in [0.05, 0.1) is 12.6 Å². The lowest BCUT2D eigenvalue weighted by Crippen LogP contribution is -2.47. The van der Waals surface area contributed by atoms with Gasteiger partial charge in [-0.2, -0.15) is 5.10 Å². The van der Waals surface area contributed by atoms with Crippen LogP contribution in [0.2, 0.25) is 0 Å². The van der Waals surface area contributed by atoms with Crippen LogP contribution >= 0.6 is 0 Å². The van der Waals surface area contributed by atoms with Crippen molar-refractivity contribution < 1.29 is 9.90 Å². The van der Waals surface area contributed by atoms with Gasteiger partial charge in [0.1, 0.15) is 5.69 Å². The summed E-state index contributed by atoms with van der Waals surface area (Å²) in [4.78, 5) is 13.8. The van der Waals surface area contributed by atoms with E-state index in [1.165, 1.54) is 0 Å². The molecule has 0 aliphatic carbocycles. The van der Waals surface area contributed by atoms with E-state index in [-0.39, 0.29) is 24.0 Å². The van der Waals surface area contributed by atoms with Crippen molar-refractivity contribution in [3.05, 3.63) is 17.5 Å². The van der Waals surface area contributed by atoms with Crippen molar-refractivity contribution in [1.29, 1.82) is 0 Å². The molecule has 0 spiro atoms. The Kier molecular flexibility index (Phi) is 4.51. The number of aliphatic hydroxyl groups is 1. The molecule has 1 aromatic rings. The van der Waals surface area contributed by atoms with Crippen LogP contribution in [0.4, 0.5) is 0 Å². The Morgan fingerprint density at radius 1 is 1.56 bits per heavy atom. The Morgan fingerprint density at radius 2 is 2.17 bits per heavy atom. The van der Waals surface area contributed by atoms with Gasteiger partial charge in [0.15, 0.2) is 0 Å². The molecule has 1 atom stereocenters. The summed E-state index contributed by atoms with van der Waals surface area (Å²) in [6.07, 6.45) is 0.812. The quantitative estimate of drug-likeness (QED) is 0.853. The highest BCUT2D eigenvalue weighted by Crippen LogP contribution is 2.24. The van der Waals surface area contributed by atoms with Gasteiger partial charge in [0, 0.05) is 12.7 Å². The number of nitrogens with one attached hydrogen (secondary N) is 1. The monoisotopic (exact) mass is 253 g/mol. The normalized spacial score (nSPS) is 13.4. The molecular formula is C13H23N3O2. The first kappa shape index (κ1) is 14.7. The van der Waals surface area contributed by atoms with Crippen LogP contribution in [0.3, 0.4) is 0 Å². The molecule has 0 bridgehead atoms. The summed E-state index contributed by atoms with van der Waals surface area (Å²) in [5, 5.41) is 16.3. The first-order valence-electron chi connectivity index (χ1n) is 6.23. The van der Waals surface area contributed by atoms with Crippen molar-refractivity contribution >= 4 is 5.91 Å². The summed E-state index contributed by atoms with van der Waals surface area (Å²) >= 11 is 0. The Bertz CT molecular complexity index is 407. The number of aryl methyl sites for hydroxylation is 1. The SMILES string of the molecule is CCc1cc(C(=O)N(C)[C@H](CO)C(C)(C)C)n[nH]1. The standard InChI is InChI=1S/C13H23N3O2/c1-6-9-7-10(15-14-9)12(18)16(5)11(8-17)13(2,3)4/h7,11,17H,6,8H2,1-5H3,(H,14,15)/t11-/m1/s1. The van der Waals surface area contributed by atoms with Crippen molar-refractivity contribution in [2.45, 2.75) is 40.2 Å². The topological polar surface area (TPSA) is 69.2 Å². The van der Waals surface area contributed by atoms with Crippen molar-refractivity contribution in [2.24, 2.45) is 5.41 Å². The molecule has 1 heterocycles. The van der Waals surface area contributed by atoms with Crippen LogP contribution in [0.5, 0.6) is 0 Å². The highest BCUT2D eigenvalue weighted by Gasteiger charge is 2.31. The molecule has 0 unspecified atom stereocenters. The summed E-state index contributed by atoms with van der Waals surface area (Å²) in [6.45, 7) is 7.94. The molecule has 0 radical (unpaired) electrons. The number of likely N-dealkylation sites (N-methyl/N-ethyl adjacent to an activating group) is 1. The minimum Gasteiger partial charge on any atom is -0.394 e. The molecule has 5 heteroatoms. The van der Waals surface area contributed by atoms with Gasteiger partial charge in [-0.3, -0.25) is 9.89 Å². The van der Waals surface area contributed by atoms with Gasteiger partial charge in [-0.05, 0) is 17.9 Å². The number of amides is 1. The van der Waals surface area contributed by atoms with E-state index in [0.29, 0.717) is 5.69 Å². The Balaban J connectivity index is 2.89. The molecule has 0 aliphatic heterocycles. The van der Waals surface area contributed by atoms with Crippen LogP contribution in [-0.2, 0) is 6.42 Å². The van der Waals surface area contributed by atoms with Crippen LogP contribution in [0.15, 0.2) is 6.07 Å². The molecule has 102 valence electrons. The summed E-state index contributed by atoms with van der Waals surface area (Å²) in [7, 11) is 1.70. The van der Waals surface area contributed by atoms with Crippen LogP contribution in [0, 0.1) is 5.41 Å². The summed E-state index contributed by atoms with van der Waals surface area (Å²) in [5.41, 5.74) is 1.16.